The third-order valence-electron chi connectivity index (χ3n) is 11.0. The highest BCUT2D eigenvalue weighted by Gasteiger charge is 2.45. The number of aliphatic imine (C=N–C) groups is 2. The standard InChI is InChI=1S/C42H75N15O9S3/c1-22(2)20-27-35(63)52-24(12-9-16-48-39(44)45)33(61)50-21-29(59)56-30(32(43)60)41(4,5)68-69-42(6,7)31(51-23(3)58)37(65)54-26(15-19-67-8)38(66)57-18-11-14-28(57)36(64)53-25(34(62)55-27)13-10-17-49-40(46)47/h22,24-28,30-31H,9-21H2,1-8H3,(H2,43,60)(H,50,61)(H,51,58)(H,52,63)(H,53,64)(H,54,65)(H,55,62)(H,56,59)(H4,44,45,48)(H4,46,47,49)/t24-,25-,26-,27-,28-,30-,31-/m0/s1. The minimum Gasteiger partial charge on any atom is -0.370 e. The lowest BCUT2D eigenvalue weighted by molar-refractivity contribution is -0.142. The van der Waals surface area contributed by atoms with Crippen LogP contribution in [0, 0.1) is 5.92 Å². The Hall–Kier alpha value is -5.18. The van der Waals surface area contributed by atoms with Crippen molar-refractivity contribution in [3.05, 3.63) is 0 Å². The molecule has 2 heterocycles. The van der Waals surface area contributed by atoms with Crippen LogP contribution in [0.15, 0.2) is 9.98 Å². The second-order valence-corrected chi connectivity index (χ2v) is 22.8. The van der Waals surface area contributed by atoms with Gasteiger partial charge in [-0.25, -0.2) is 0 Å². The van der Waals surface area contributed by atoms with Gasteiger partial charge in [-0.1, -0.05) is 35.4 Å². The van der Waals surface area contributed by atoms with Gasteiger partial charge < -0.3 is 70.8 Å². The smallest absolute Gasteiger partial charge is 0.245 e. The molecule has 0 aromatic rings. The molecule has 69 heavy (non-hydrogen) atoms. The first kappa shape index (κ1) is 59.9. The van der Waals surface area contributed by atoms with Gasteiger partial charge in [0.25, 0.3) is 0 Å². The van der Waals surface area contributed by atoms with E-state index >= 15 is 0 Å². The van der Waals surface area contributed by atoms with Crippen molar-refractivity contribution in [1.82, 2.24) is 42.1 Å². The van der Waals surface area contributed by atoms with Gasteiger partial charge in [-0.3, -0.25) is 53.1 Å². The Morgan fingerprint density at radius 3 is 1.80 bits per heavy atom. The quantitative estimate of drug-likeness (QED) is 0.0345. The van der Waals surface area contributed by atoms with Gasteiger partial charge in [0.1, 0.15) is 42.3 Å². The molecule has 2 aliphatic heterocycles. The van der Waals surface area contributed by atoms with Gasteiger partial charge in [-0.15, -0.1) is 0 Å². The number of amides is 9. The van der Waals surface area contributed by atoms with Crippen LogP contribution < -0.4 is 65.9 Å². The number of hydrogen-bond acceptors (Lipinski definition) is 14. The maximum absolute atomic E-state index is 14.5. The van der Waals surface area contributed by atoms with Crippen LogP contribution in [0.5, 0.6) is 0 Å². The highest BCUT2D eigenvalue weighted by Crippen LogP contribution is 2.46. The third-order valence-corrected chi connectivity index (χ3v) is 15.9. The Morgan fingerprint density at radius 1 is 0.739 bits per heavy atom. The summed E-state index contributed by atoms with van der Waals surface area (Å²) < 4.78 is -2.31. The van der Waals surface area contributed by atoms with Crippen molar-refractivity contribution in [2.75, 3.05) is 38.2 Å². The van der Waals surface area contributed by atoms with E-state index in [0.29, 0.717) is 12.2 Å². The van der Waals surface area contributed by atoms with E-state index in [1.807, 2.05) is 20.1 Å². The van der Waals surface area contributed by atoms with E-state index in [9.17, 15) is 43.2 Å². The Morgan fingerprint density at radius 2 is 1.26 bits per heavy atom. The molecule has 0 radical (unpaired) electrons. The zero-order chi connectivity index (χ0) is 52.2. The van der Waals surface area contributed by atoms with Gasteiger partial charge in [0.2, 0.25) is 53.2 Å². The van der Waals surface area contributed by atoms with E-state index in [2.05, 4.69) is 47.2 Å². The average molecular weight is 1030 g/mol. The lowest BCUT2D eigenvalue weighted by Crippen LogP contribution is -2.61. The number of guanidine groups is 2. The van der Waals surface area contributed by atoms with Crippen molar-refractivity contribution in [3.63, 3.8) is 0 Å². The number of primary amides is 1. The van der Waals surface area contributed by atoms with Crippen LogP contribution in [-0.2, 0) is 43.2 Å². The molecule has 24 nitrogen and oxygen atoms in total. The summed E-state index contributed by atoms with van der Waals surface area (Å²) in [7, 11) is 2.24. The van der Waals surface area contributed by atoms with Crippen LogP contribution in [0.1, 0.15) is 99.8 Å². The summed E-state index contributed by atoms with van der Waals surface area (Å²) in [6, 6.07) is -8.48. The number of fused-ring (bicyclic) bond motifs is 1. The Bertz CT molecular complexity index is 1900. The van der Waals surface area contributed by atoms with Gasteiger partial charge in [0.05, 0.1) is 6.54 Å². The zero-order valence-electron chi connectivity index (χ0n) is 40.9. The predicted octanol–water partition coefficient (Wildman–Crippen LogP) is -2.63. The van der Waals surface area contributed by atoms with E-state index in [1.165, 1.54) is 23.6 Å². The molecule has 0 spiro atoms. The number of nitrogens with one attached hydrogen (secondary N) is 7. The van der Waals surface area contributed by atoms with Crippen molar-refractivity contribution in [1.29, 1.82) is 0 Å². The predicted molar refractivity (Wildman–Crippen MR) is 270 cm³/mol. The van der Waals surface area contributed by atoms with Crippen LogP contribution in [0.25, 0.3) is 0 Å². The van der Waals surface area contributed by atoms with E-state index in [1.54, 1.807) is 27.7 Å². The summed E-state index contributed by atoms with van der Waals surface area (Å²) >= 11 is 1.44. The van der Waals surface area contributed by atoms with E-state index < -0.39 is 111 Å². The van der Waals surface area contributed by atoms with Gasteiger partial charge >= 0.3 is 0 Å². The van der Waals surface area contributed by atoms with Gasteiger partial charge in [0.15, 0.2) is 11.9 Å². The van der Waals surface area contributed by atoms with Crippen molar-refractivity contribution in [2.24, 2.45) is 44.6 Å². The van der Waals surface area contributed by atoms with Crippen molar-refractivity contribution < 1.29 is 43.2 Å². The average Bonchev–Trinajstić information content (AvgIpc) is 3.75. The summed E-state index contributed by atoms with van der Waals surface area (Å²) in [5.41, 5.74) is 27.8. The molecule has 2 aliphatic rings. The maximum atomic E-state index is 14.5. The van der Waals surface area contributed by atoms with Gasteiger partial charge in [-0.2, -0.15) is 11.8 Å². The van der Waals surface area contributed by atoms with Crippen LogP contribution >= 0.6 is 33.3 Å². The van der Waals surface area contributed by atoms with Crippen LogP contribution in [0.2, 0.25) is 0 Å². The highest BCUT2D eigenvalue weighted by molar-refractivity contribution is 8.77. The molecule has 2 saturated heterocycles. The fourth-order valence-electron chi connectivity index (χ4n) is 7.47. The molecule has 0 aromatic heterocycles. The van der Waals surface area contributed by atoms with E-state index in [-0.39, 0.29) is 82.4 Å². The molecule has 0 aliphatic carbocycles. The minimum atomic E-state index is -1.33. The van der Waals surface area contributed by atoms with Crippen molar-refractivity contribution in [2.45, 2.75) is 152 Å². The molecule has 2 rings (SSSR count). The first-order valence-corrected chi connectivity index (χ1v) is 26.4. The van der Waals surface area contributed by atoms with Gasteiger partial charge in [0, 0.05) is 36.1 Å². The first-order chi connectivity index (χ1) is 32.2. The normalized spacial score (nSPS) is 25.7. The number of nitrogens with two attached hydrogens (primary N) is 5. The van der Waals surface area contributed by atoms with Crippen molar-refractivity contribution >= 4 is 98.4 Å². The van der Waals surface area contributed by atoms with Gasteiger partial charge in [-0.05, 0) is 97.0 Å². The third kappa shape index (κ3) is 20.4. The largest absolute Gasteiger partial charge is 0.370 e. The summed E-state index contributed by atoms with van der Waals surface area (Å²) in [4.78, 5) is 133. The fraction of sp³-hybridized carbons (Fsp3) is 0.738. The Kier molecular flexibility index (Phi) is 24.7. The molecule has 9 amide bonds. The van der Waals surface area contributed by atoms with Crippen molar-refractivity contribution in [3.8, 4) is 0 Å². The molecule has 0 bridgehead atoms. The Labute approximate surface area is 416 Å². The molecular formula is C42H75N15O9S3. The fourth-order valence-corrected chi connectivity index (χ4v) is 10.8. The lowest BCUT2D eigenvalue weighted by atomic mass is 10.0. The second-order valence-electron chi connectivity index (χ2n) is 18.4. The monoisotopic (exact) mass is 1030 g/mol. The van der Waals surface area contributed by atoms with E-state index in [4.69, 9.17) is 28.7 Å². The molecule has 0 unspecified atom stereocenters. The van der Waals surface area contributed by atoms with E-state index in [0.717, 1.165) is 21.6 Å². The topological polar surface area (TPSA) is 396 Å². The molecule has 2 fully saturated rings. The number of carbonyl (C=O) groups excluding carboxylic acids is 9. The molecule has 17 N–H and O–H groups in total. The molecular weight excluding hydrogens is 955 g/mol. The Balaban J connectivity index is 2.75. The number of hydrogen-bond donors (Lipinski definition) is 12. The second kappa shape index (κ2) is 28.5. The molecule has 7 atom stereocenters. The van der Waals surface area contributed by atoms with Crippen LogP contribution in [0.3, 0.4) is 0 Å². The molecule has 390 valence electrons. The first-order valence-electron chi connectivity index (χ1n) is 22.8. The summed E-state index contributed by atoms with van der Waals surface area (Å²) in [5, 5.41) is 18.8. The molecule has 0 saturated carbocycles. The summed E-state index contributed by atoms with van der Waals surface area (Å²) in [6.07, 6.45) is 3.22. The summed E-state index contributed by atoms with van der Waals surface area (Å²) in [6.45, 7) is 11.2. The van der Waals surface area contributed by atoms with Crippen LogP contribution in [0.4, 0.5) is 0 Å². The minimum absolute atomic E-state index is 0.00533. The maximum Gasteiger partial charge on any atom is 0.245 e. The number of thioether (sulfide) groups is 1. The number of rotatable bonds is 15. The zero-order valence-corrected chi connectivity index (χ0v) is 43.4. The number of carbonyl (C=O) groups is 9. The molecule has 27 heteroatoms. The van der Waals surface area contributed by atoms with Crippen LogP contribution in [-0.4, -0.2) is 160 Å². The number of nitrogens with zero attached hydrogens (tertiary/aromatic N) is 3. The summed E-state index contributed by atoms with van der Waals surface area (Å²) in [5.74, 6) is -6.46. The highest BCUT2D eigenvalue weighted by atomic mass is 33.1. The lowest BCUT2D eigenvalue weighted by Gasteiger charge is -2.38. The SMILES string of the molecule is CSCC[C@@H]1NC(=O)[C@H](NC(C)=O)C(C)(C)SSC(C)(C)[C@H](C(N)=O)NC(=O)CNC(=O)[C@H](CCCN=C(N)N)NC(=O)[C@H](CC(C)C)NC(=O)[C@H](CCCN=C(N)N)NC(=O)[C@@H]2CCCN2C1=O. The molecule has 0 aromatic carbocycles.